The van der Waals surface area contributed by atoms with Crippen molar-refractivity contribution in [2.75, 3.05) is 7.11 Å². The van der Waals surface area contributed by atoms with E-state index in [0.29, 0.717) is 18.1 Å². The maximum atomic E-state index is 11.6. The van der Waals surface area contributed by atoms with Gasteiger partial charge < -0.3 is 9.47 Å². The van der Waals surface area contributed by atoms with Gasteiger partial charge in [0.1, 0.15) is 0 Å². The Morgan fingerprint density at radius 2 is 1.89 bits per heavy atom. The van der Waals surface area contributed by atoms with Gasteiger partial charge in [-0.2, -0.15) is 0 Å². The normalized spacial score (nSPS) is 12.5. The number of hydrogen-bond donors (Lipinski definition) is 0. The van der Waals surface area contributed by atoms with E-state index in [4.69, 9.17) is 9.47 Å². The summed E-state index contributed by atoms with van der Waals surface area (Å²) in [5.41, 5.74) is 1.46. The molecule has 0 N–H and O–H groups in total. The highest BCUT2D eigenvalue weighted by atomic mass is 16.5. The van der Waals surface area contributed by atoms with E-state index in [2.05, 4.69) is 20.8 Å². The zero-order valence-electron chi connectivity index (χ0n) is 11.6. The summed E-state index contributed by atoms with van der Waals surface area (Å²) in [6.45, 7) is 6.84. The Morgan fingerprint density at radius 1 is 1.22 bits per heavy atom. The highest BCUT2D eigenvalue weighted by Crippen LogP contribution is 2.14. The van der Waals surface area contributed by atoms with Crippen LogP contribution in [-0.2, 0) is 16.1 Å². The first kappa shape index (κ1) is 14.7. The molecule has 1 atom stereocenters. The quantitative estimate of drug-likeness (QED) is 0.726. The SMILES string of the molecule is COC(=O)c1ccccc1COC(C)CC(C)C. The molecular weight excluding hydrogens is 228 g/mol. The molecule has 0 bridgehead atoms. The molecule has 3 nitrogen and oxygen atoms in total. The number of carbonyl (C=O) groups excluding carboxylic acids is 1. The Morgan fingerprint density at radius 3 is 2.50 bits per heavy atom. The summed E-state index contributed by atoms with van der Waals surface area (Å²) in [6.07, 6.45) is 1.20. The minimum absolute atomic E-state index is 0.190. The van der Waals surface area contributed by atoms with Crippen LogP contribution in [0.3, 0.4) is 0 Å². The molecule has 3 heteroatoms. The summed E-state index contributed by atoms with van der Waals surface area (Å²) >= 11 is 0. The number of benzene rings is 1. The number of carbonyl (C=O) groups is 1. The summed E-state index contributed by atoms with van der Waals surface area (Å²) in [6, 6.07) is 7.39. The van der Waals surface area contributed by atoms with Gasteiger partial charge in [0.2, 0.25) is 0 Å². The molecule has 1 rings (SSSR count). The number of rotatable bonds is 6. The van der Waals surface area contributed by atoms with Gasteiger partial charge in [0.25, 0.3) is 0 Å². The minimum atomic E-state index is -0.314. The van der Waals surface area contributed by atoms with Crippen LogP contribution in [0.5, 0.6) is 0 Å². The van der Waals surface area contributed by atoms with Gasteiger partial charge >= 0.3 is 5.97 Å². The first-order valence-corrected chi connectivity index (χ1v) is 6.32. The largest absolute Gasteiger partial charge is 0.465 e. The lowest BCUT2D eigenvalue weighted by atomic mass is 10.1. The molecule has 18 heavy (non-hydrogen) atoms. The van der Waals surface area contributed by atoms with E-state index < -0.39 is 0 Å². The molecule has 0 heterocycles. The van der Waals surface area contributed by atoms with Crippen molar-refractivity contribution in [3.8, 4) is 0 Å². The van der Waals surface area contributed by atoms with E-state index in [1.807, 2.05) is 18.2 Å². The lowest BCUT2D eigenvalue weighted by Gasteiger charge is -2.16. The number of esters is 1. The summed E-state index contributed by atoms with van der Waals surface area (Å²) in [5, 5.41) is 0. The second kappa shape index (κ2) is 7.17. The average Bonchev–Trinajstić information content (AvgIpc) is 2.35. The molecule has 1 aromatic rings. The predicted octanol–water partition coefficient (Wildman–Crippen LogP) is 3.42. The standard InChI is InChI=1S/C15H22O3/c1-11(2)9-12(3)18-10-13-7-5-6-8-14(13)15(16)17-4/h5-8,11-12H,9-10H2,1-4H3. The minimum Gasteiger partial charge on any atom is -0.465 e. The molecular formula is C15H22O3. The third-order valence-electron chi connectivity index (χ3n) is 2.75. The zero-order chi connectivity index (χ0) is 13.5. The lowest BCUT2D eigenvalue weighted by molar-refractivity contribution is 0.0378. The first-order chi connectivity index (χ1) is 8.54. The van der Waals surface area contributed by atoms with E-state index in [1.165, 1.54) is 7.11 Å². The maximum Gasteiger partial charge on any atom is 0.338 e. The van der Waals surface area contributed by atoms with Gasteiger partial charge in [0, 0.05) is 0 Å². The second-order valence-electron chi connectivity index (χ2n) is 4.90. The van der Waals surface area contributed by atoms with Crippen molar-refractivity contribution < 1.29 is 14.3 Å². The van der Waals surface area contributed by atoms with Crippen molar-refractivity contribution in [2.24, 2.45) is 5.92 Å². The summed E-state index contributed by atoms with van der Waals surface area (Å²) in [5.74, 6) is 0.293. The van der Waals surface area contributed by atoms with Crippen molar-refractivity contribution in [2.45, 2.75) is 39.9 Å². The number of hydrogen-bond acceptors (Lipinski definition) is 3. The van der Waals surface area contributed by atoms with Gasteiger partial charge in [-0.15, -0.1) is 0 Å². The molecule has 0 spiro atoms. The molecule has 0 amide bonds. The van der Waals surface area contributed by atoms with Crippen molar-refractivity contribution in [1.82, 2.24) is 0 Å². The van der Waals surface area contributed by atoms with Gasteiger partial charge in [-0.3, -0.25) is 0 Å². The molecule has 0 aliphatic rings. The molecule has 100 valence electrons. The Hall–Kier alpha value is -1.35. The van der Waals surface area contributed by atoms with Gasteiger partial charge in [-0.25, -0.2) is 4.79 Å². The van der Waals surface area contributed by atoms with Gasteiger partial charge in [-0.05, 0) is 30.9 Å². The Balaban J connectivity index is 2.64. The van der Waals surface area contributed by atoms with Gasteiger partial charge in [-0.1, -0.05) is 32.0 Å². The van der Waals surface area contributed by atoms with Crippen LogP contribution in [0.15, 0.2) is 24.3 Å². The highest BCUT2D eigenvalue weighted by Gasteiger charge is 2.12. The van der Waals surface area contributed by atoms with Crippen molar-refractivity contribution in [3.05, 3.63) is 35.4 Å². The second-order valence-corrected chi connectivity index (χ2v) is 4.90. The van der Waals surface area contributed by atoms with E-state index in [9.17, 15) is 4.79 Å². The van der Waals surface area contributed by atoms with Crippen LogP contribution in [0.1, 0.15) is 43.1 Å². The Labute approximate surface area is 109 Å². The van der Waals surface area contributed by atoms with E-state index in [-0.39, 0.29) is 12.1 Å². The summed E-state index contributed by atoms with van der Waals surface area (Å²) in [4.78, 5) is 11.6. The van der Waals surface area contributed by atoms with Crippen molar-refractivity contribution in [1.29, 1.82) is 0 Å². The van der Waals surface area contributed by atoms with Gasteiger partial charge in [0.05, 0.1) is 25.4 Å². The third-order valence-corrected chi connectivity index (χ3v) is 2.75. The maximum absolute atomic E-state index is 11.6. The molecule has 0 aliphatic carbocycles. The molecule has 1 unspecified atom stereocenters. The molecule has 0 saturated carbocycles. The zero-order valence-corrected chi connectivity index (χ0v) is 11.6. The average molecular weight is 250 g/mol. The molecule has 0 saturated heterocycles. The number of ether oxygens (including phenoxy) is 2. The third kappa shape index (κ3) is 4.49. The van der Waals surface area contributed by atoms with E-state index in [0.717, 1.165) is 12.0 Å². The van der Waals surface area contributed by atoms with Crippen LogP contribution in [0.2, 0.25) is 0 Å². The summed E-state index contributed by atoms with van der Waals surface area (Å²) in [7, 11) is 1.39. The van der Waals surface area contributed by atoms with Crippen molar-refractivity contribution in [3.63, 3.8) is 0 Å². The fraction of sp³-hybridized carbons (Fsp3) is 0.533. The molecule has 0 fully saturated rings. The topological polar surface area (TPSA) is 35.5 Å². The fourth-order valence-corrected chi connectivity index (χ4v) is 1.92. The monoisotopic (exact) mass is 250 g/mol. The first-order valence-electron chi connectivity index (χ1n) is 6.32. The lowest BCUT2D eigenvalue weighted by Crippen LogP contribution is -2.13. The molecule has 1 aromatic carbocycles. The van der Waals surface area contributed by atoms with Crippen LogP contribution in [-0.4, -0.2) is 19.2 Å². The fourth-order valence-electron chi connectivity index (χ4n) is 1.92. The van der Waals surface area contributed by atoms with Crippen molar-refractivity contribution >= 4 is 5.97 Å². The Bertz CT molecular complexity index is 385. The summed E-state index contributed by atoms with van der Waals surface area (Å²) < 4.78 is 10.5. The predicted molar refractivity (Wildman–Crippen MR) is 71.5 cm³/mol. The van der Waals surface area contributed by atoms with E-state index >= 15 is 0 Å². The highest BCUT2D eigenvalue weighted by molar-refractivity contribution is 5.90. The molecule has 0 aromatic heterocycles. The number of methoxy groups -OCH3 is 1. The van der Waals surface area contributed by atoms with Crippen LogP contribution in [0, 0.1) is 5.92 Å². The molecule has 0 radical (unpaired) electrons. The van der Waals surface area contributed by atoms with Crippen LogP contribution >= 0.6 is 0 Å². The molecule has 0 aliphatic heterocycles. The van der Waals surface area contributed by atoms with Crippen LogP contribution in [0.25, 0.3) is 0 Å². The van der Waals surface area contributed by atoms with Crippen LogP contribution < -0.4 is 0 Å². The smallest absolute Gasteiger partial charge is 0.338 e. The Kier molecular flexibility index (Phi) is 5.86. The van der Waals surface area contributed by atoms with Crippen LogP contribution in [0.4, 0.5) is 0 Å². The van der Waals surface area contributed by atoms with Gasteiger partial charge in [0.15, 0.2) is 0 Å². The van der Waals surface area contributed by atoms with E-state index in [1.54, 1.807) is 6.07 Å².